The number of hydrogen-bond donors (Lipinski definition) is 1. The third-order valence-corrected chi connectivity index (χ3v) is 5.47. The standard InChI is InChI=1S/C26H24N2O5/c1-32-16-15-28-23(19-11-13-27-14-12-19)22(25(30)26(28)31)24(29)20-7-9-21(10-8-20)33-17-18-5-3-2-4-6-18/h2-14,23,29H,15-17H2,1H3/b24-22+. The lowest BCUT2D eigenvalue weighted by Gasteiger charge is -2.24. The number of rotatable bonds is 8. The molecule has 168 valence electrons. The quantitative estimate of drug-likeness (QED) is 0.324. The number of amides is 1. The Bertz CT molecular complexity index is 1140. The molecule has 1 amide bonds. The fourth-order valence-corrected chi connectivity index (χ4v) is 3.80. The highest BCUT2D eigenvalue weighted by Crippen LogP contribution is 2.39. The lowest BCUT2D eigenvalue weighted by Crippen LogP contribution is -2.32. The molecular weight excluding hydrogens is 420 g/mol. The summed E-state index contributed by atoms with van der Waals surface area (Å²) >= 11 is 0. The first-order chi connectivity index (χ1) is 16.1. The number of hydrogen-bond acceptors (Lipinski definition) is 6. The van der Waals surface area contributed by atoms with Crippen LogP contribution in [0.3, 0.4) is 0 Å². The molecule has 1 aromatic heterocycles. The number of pyridine rings is 1. The lowest BCUT2D eigenvalue weighted by atomic mass is 9.96. The maximum atomic E-state index is 12.9. The molecule has 0 spiro atoms. The largest absolute Gasteiger partial charge is 0.507 e. The number of carbonyl (C=O) groups is 2. The molecule has 1 fully saturated rings. The van der Waals surface area contributed by atoms with Gasteiger partial charge in [-0.2, -0.15) is 0 Å². The molecule has 0 radical (unpaired) electrons. The summed E-state index contributed by atoms with van der Waals surface area (Å²) in [7, 11) is 1.53. The summed E-state index contributed by atoms with van der Waals surface area (Å²) in [6.07, 6.45) is 3.18. The molecule has 7 nitrogen and oxygen atoms in total. The third kappa shape index (κ3) is 4.78. The van der Waals surface area contributed by atoms with Crippen LogP contribution in [0, 0.1) is 0 Å². The van der Waals surface area contributed by atoms with Gasteiger partial charge < -0.3 is 19.5 Å². The van der Waals surface area contributed by atoms with Crippen LogP contribution in [-0.2, 0) is 20.9 Å². The molecule has 0 aliphatic carbocycles. The Morgan fingerprint density at radius 3 is 2.36 bits per heavy atom. The molecule has 4 rings (SSSR count). The molecule has 1 saturated heterocycles. The van der Waals surface area contributed by atoms with Gasteiger partial charge in [-0.1, -0.05) is 30.3 Å². The Morgan fingerprint density at radius 1 is 1.00 bits per heavy atom. The average Bonchev–Trinajstić information content (AvgIpc) is 3.12. The highest BCUT2D eigenvalue weighted by molar-refractivity contribution is 6.46. The molecule has 1 aliphatic heterocycles. The molecule has 1 unspecified atom stereocenters. The van der Waals surface area contributed by atoms with E-state index in [1.165, 1.54) is 12.0 Å². The number of Topliss-reactive ketones (excluding diaryl/α,β-unsaturated/α-hetero) is 1. The second-order valence-electron chi connectivity index (χ2n) is 7.56. The Morgan fingerprint density at radius 2 is 1.70 bits per heavy atom. The number of nitrogens with zero attached hydrogens (tertiary/aromatic N) is 2. The Balaban J connectivity index is 1.63. The van der Waals surface area contributed by atoms with Crippen molar-refractivity contribution in [2.45, 2.75) is 12.6 Å². The molecule has 7 heteroatoms. The third-order valence-electron chi connectivity index (χ3n) is 5.47. The van der Waals surface area contributed by atoms with Crippen molar-refractivity contribution >= 4 is 17.4 Å². The van der Waals surface area contributed by atoms with E-state index in [2.05, 4.69) is 4.98 Å². The van der Waals surface area contributed by atoms with Crippen molar-refractivity contribution in [3.63, 3.8) is 0 Å². The van der Waals surface area contributed by atoms with Crippen LogP contribution >= 0.6 is 0 Å². The van der Waals surface area contributed by atoms with Crippen molar-refractivity contribution in [1.29, 1.82) is 0 Å². The van der Waals surface area contributed by atoms with Crippen LogP contribution in [-0.4, -0.2) is 46.9 Å². The van der Waals surface area contributed by atoms with Gasteiger partial charge >= 0.3 is 0 Å². The summed E-state index contributed by atoms with van der Waals surface area (Å²) in [5.41, 5.74) is 2.19. The second kappa shape index (κ2) is 10.1. The summed E-state index contributed by atoms with van der Waals surface area (Å²) in [6.45, 7) is 0.901. The van der Waals surface area contributed by atoms with E-state index in [0.29, 0.717) is 23.5 Å². The van der Waals surface area contributed by atoms with Crippen molar-refractivity contribution in [2.24, 2.45) is 0 Å². The summed E-state index contributed by atoms with van der Waals surface area (Å²) in [5.74, 6) is -1.00. The number of methoxy groups -OCH3 is 1. The van der Waals surface area contributed by atoms with Crippen LogP contribution in [0.2, 0.25) is 0 Å². The van der Waals surface area contributed by atoms with Gasteiger partial charge in [0.1, 0.15) is 18.1 Å². The zero-order valence-corrected chi connectivity index (χ0v) is 18.2. The van der Waals surface area contributed by atoms with Gasteiger partial charge in [0.05, 0.1) is 18.2 Å². The second-order valence-corrected chi connectivity index (χ2v) is 7.56. The lowest BCUT2D eigenvalue weighted by molar-refractivity contribution is -0.140. The number of carbonyl (C=O) groups excluding carboxylic acids is 2. The first kappa shape index (κ1) is 22.2. The number of benzene rings is 2. The molecule has 1 atom stereocenters. The molecule has 0 bridgehead atoms. The molecule has 33 heavy (non-hydrogen) atoms. The summed E-state index contributed by atoms with van der Waals surface area (Å²) in [6, 6.07) is 19.3. The van der Waals surface area contributed by atoms with E-state index in [-0.39, 0.29) is 24.5 Å². The molecule has 1 aliphatic rings. The minimum Gasteiger partial charge on any atom is -0.507 e. The van der Waals surface area contributed by atoms with Crippen LogP contribution in [0.15, 0.2) is 84.7 Å². The Labute approximate surface area is 191 Å². The monoisotopic (exact) mass is 444 g/mol. The van der Waals surface area contributed by atoms with Gasteiger partial charge in [-0.05, 0) is 47.5 Å². The normalized spacial score (nSPS) is 17.4. The van der Waals surface area contributed by atoms with Gasteiger partial charge in [0.2, 0.25) is 0 Å². The highest BCUT2D eigenvalue weighted by Gasteiger charge is 2.45. The van der Waals surface area contributed by atoms with E-state index in [1.54, 1.807) is 48.8 Å². The van der Waals surface area contributed by atoms with Crippen molar-refractivity contribution in [3.8, 4) is 5.75 Å². The maximum absolute atomic E-state index is 12.9. The van der Waals surface area contributed by atoms with Gasteiger partial charge in [0.25, 0.3) is 11.7 Å². The van der Waals surface area contributed by atoms with Gasteiger partial charge in [0.15, 0.2) is 0 Å². The molecule has 3 aromatic rings. The molecular formula is C26H24N2O5. The van der Waals surface area contributed by atoms with Crippen LogP contribution in [0.25, 0.3) is 5.76 Å². The van der Waals surface area contributed by atoms with Crippen LogP contribution in [0.1, 0.15) is 22.7 Å². The Hall–Kier alpha value is -3.97. The number of ether oxygens (including phenoxy) is 2. The van der Waals surface area contributed by atoms with E-state index in [1.807, 2.05) is 30.3 Å². The van der Waals surface area contributed by atoms with E-state index < -0.39 is 17.7 Å². The molecule has 0 saturated carbocycles. The summed E-state index contributed by atoms with van der Waals surface area (Å²) < 4.78 is 10.9. The number of aromatic nitrogens is 1. The number of ketones is 1. The van der Waals surface area contributed by atoms with Gasteiger partial charge in [-0.15, -0.1) is 0 Å². The van der Waals surface area contributed by atoms with E-state index >= 15 is 0 Å². The average molecular weight is 444 g/mol. The number of aliphatic hydroxyl groups is 1. The molecule has 2 heterocycles. The van der Waals surface area contributed by atoms with Gasteiger partial charge in [-0.3, -0.25) is 14.6 Å². The zero-order valence-electron chi connectivity index (χ0n) is 18.2. The minimum absolute atomic E-state index is 0.0419. The zero-order chi connectivity index (χ0) is 23.2. The van der Waals surface area contributed by atoms with Crippen molar-refractivity contribution in [3.05, 3.63) is 101 Å². The van der Waals surface area contributed by atoms with Crippen LogP contribution in [0.4, 0.5) is 0 Å². The SMILES string of the molecule is COCCN1C(=O)C(=O)/C(=C(/O)c2ccc(OCc3ccccc3)cc2)C1c1ccncc1. The van der Waals surface area contributed by atoms with Crippen LogP contribution < -0.4 is 4.74 Å². The predicted molar refractivity (Wildman–Crippen MR) is 122 cm³/mol. The fourth-order valence-electron chi connectivity index (χ4n) is 3.80. The van der Waals surface area contributed by atoms with E-state index in [9.17, 15) is 14.7 Å². The summed E-state index contributed by atoms with van der Waals surface area (Å²) in [4.78, 5) is 31.1. The highest BCUT2D eigenvalue weighted by atomic mass is 16.5. The first-order valence-electron chi connectivity index (χ1n) is 10.5. The van der Waals surface area contributed by atoms with Crippen LogP contribution in [0.5, 0.6) is 5.75 Å². The fraction of sp³-hybridized carbons (Fsp3) is 0.192. The van der Waals surface area contributed by atoms with Gasteiger partial charge in [-0.25, -0.2) is 0 Å². The number of aliphatic hydroxyl groups excluding tert-OH is 1. The van der Waals surface area contributed by atoms with Gasteiger partial charge in [0, 0.05) is 31.6 Å². The van der Waals surface area contributed by atoms with Crippen molar-refractivity contribution < 1.29 is 24.2 Å². The number of likely N-dealkylation sites (tertiary alicyclic amines) is 1. The smallest absolute Gasteiger partial charge is 0.295 e. The van der Waals surface area contributed by atoms with E-state index in [0.717, 1.165) is 5.56 Å². The van der Waals surface area contributed by atoms with Crippen molar-refractivity contribution in [1.82, 2.24) is 9.88 Å². The molecule has 1 N–H and O–H groups in total. The maximum Gasteiger partial charge on any atom is 0.295 e. The topological polar surface area (TPSA) is 89.0 Å². The van der Waals surface area contributed by atoms with E-state index in [4.69, 9.17) is 9.47 Å². The minimum atomic E-state index is -0.727. The summed E-state index contributed by atoms with van der Waals surface area (Å²) in [5, 5.41) is 11.1. The first-order valence-corrected chi connectivity index (χ1v) is 10.5. The van der Waals surface area contributed by atoms with Crippen molar-refractivity contribution in [2.75, 3.05) is 20.3 Å². The Kier molecular flexibility index (Phi) is 6.80. The molecule has 2 aromatic carbocycles. The predicted octanol–water partition coefficient (Wildman–Crippen LogP) is 3.73.